The van der Waals surface area contributed by atoms with Gasteiger partial charge in [0.05, 0.1) is 32.0 Å². The molecule has 0 bridgehead atoms. The summed E-state index contributed by atoms with van der Waals surface area (Å²) in [6, 6.07) is -0.934. The van der Waals surface area contributed by atoms with Crippen LogP contribution in [0.5, 0.6) is 0 Å². The van der Waals surface area contributed by atoms with Crippen LogP contribution in [0.4, 0.5) is 0 Å². The van der Waals surface area contributed by atoms with Gasteiger partial charge < -0.3 is 65.1 Å². The van der Waals surface area contributed by atoms with E-state index in [4.69, 9.17) is 18.9 Å². The lowest BCUT2D eigenvalue weighted by Gasteiger charge is -2.46. The first-order chi connectivity index (χ1) is 38.1. The second-order valence-electron chi connectivity index (χ2n) is 22.9. The third kappa shape index (κ3) is 34.6. The quantitative estimate of drug-likeness (QED) is 0.0204. The van der Waals surface area contributed by atoms with Crippen LogP contribution in [0.3, 0.4) is 0 Å². The molecule has 2 saturated heterocycles. The zero-order valence-corrected chi connectivity index (χ0v) is 49.4. The minimum atomic E-state index is -1.79. The smallest absolute Gasteiger partial charge is 0.220 e. The van der Waals surface area contributed by atoms with E-state index >= 15 is 0 Å². The maximum Gasteiger partial charge on any atom is 0.220 e. The van der Waals surface area contributed by atoms with Gasteiger partial charge in [-0.25, -0.2) is 0 Å². The van der Waals surface area contributed by atoms with Gasteiger partial charge in [-0.15, -0.1) is 0 Å². The van der Waals surface area contributed by atoms with Gasteiger partial charge in [-0.2, -0.15) is 0 Å². The summed E-state index contributed by atoms with van der Waals surface area (Å²) in [5.74, 6) is -0.252. The van der Waals surface area contributed by atoms with Gasteiger partial charge in [-0.1, -0.05) is 262 Å². The lowest BCUT2D eigenvalue weighted by Crippen LogP contribution is -2.65. The summed E-state index contributed by atoms with van der Waals surface area (Å²) in [6.07, 6.45) is 45.4. The molecule has 0 aromatic rings. The monoisotopic (exact) mass is 1110 g/mol. The van der Waals surface area contributed by atoms with Crippen molar-refractivity contribution < 1.29 is 64.6 Å². The number of allylic oxidation sites excluding steroid dienone is 5. The number of aliphatic hydroxyl groups is 8. The molecule has 458 valence electrons. The maximum absolute atomic E-state index is 13.2. The summed E-state index contributed by atoms with van der Waals surface area (Å²) in [5, 5.41) is 86.8. The highest BCUT2D eigenvalue weighted by molar-refractivity contribution is 5.76. The van der Waals surface area contributed by atoms with E-state index in [2.05, 4.69) is 43.5 Å². The van der Waals surface area contributed by atoms with Crippen LogP contribution in [0.1, 0.15) is 271 Å². The van der Waals surface area contributed by atoms with Crippen molar-refractivity contribution in [3.63, 3.8) is 0 Å². The van der Waals surface area contributed by atoms with E-state index in [1.807, 2.05) is 6.08 Å². The Kier molecular flexibility index (Phi) is 46.2. The number of carbonyl (C=O) groups excluding carboxylic acids is 1. The summed E-state index contributed by atoms with van der Waals surface area (Å²) in [4.78, 5) is 13.2. The molecule has 2 aliphatic rings. The summed E-state index contributed by atoms with van der Waals surface area (Å²) in [7, 11) is 0. The molecule has 9 N–H and O–H groups in total. The predicted octanol–water partition coefficient (Wildman–Crippen LogP) is 11.8. The molecule has 0 aromatic heterocycles. The summed E-state index contributed by atoms with van der Waals surface area (Å²) < 4.78 is 22.7. The van der Waals surface area contributed by atoms with Gasteiger partial charge in [0.15, 0.2) is 12.6 Å². The summed E-state index contributed by atoms with van der Waals surface area (Å²) in [5.41, 5.74) is 0. The van der Waals surface area contributed by atoms with Crippen LogP contribution < -0.4 is 5.32 Å². The van der Waals surface area contributed by atoms with E-state index in [-0.39, 0.29) is 18.9 Å². The van der Waals surface area contributed by atoms with E-state index in [1.165, 1.54) is 193 Å². The predicted molar refractivity (Wildman–Crippen MR) is 314 cm³/mol. The number of unbranched alkanes of at least 4 members (excludes halogenated alkanes) is 35. The van der Waals surface area contributed by atoms with E-state index in [0.29, 0.717) is 12.8 Å². The number of amides is 1. The molecule has 78 heavy (non-hydrogen) atoms. The van der Waals surface area contributed by atoms with Crippen LogP contribution in [0.25, 0.3) is 0 Å². The fourth-order valence-electron chi connectivity index (χ4n) is 10.7. The first-order valence-electron chi connectivity index (χ1n) is 32.2. The maximum atomic E-state index is 13.2. The van der Waals surface area contributed by atoms with E-state index in [0.717, 1.165) is 44.9 Å². The van der Waals surface area contributed by atoms with Crippen LogP contribution in [0, 0.1) is 0 Å². The first-order valence-corrected chi connectivity index (χ1v) is 32.2. The molecule has 12 atom stereocenters. The number of nitrogens with one attached hydrogen (secondary N) is 1. The first kappa shape index (κ1) is 72.3. The number of hydrogen-bond acceptors (Lipinski definition) is 13. The highest BCUT2D eigenvalue weighted by atomic mass is 16.7. The fourth-order valence-corrected chi connectivity index (χ4v) is 10.7. The van der Waals surface area contributed by atoms with Crippen LogP contribution in [0.2, 0.25) is 0 Å². The fraction of sp³-hybridized carbons (Fsp3) is 0.891. The van der Waals surface area contributed by atoms with Crippen LogP contribution in [-0.2, 0) is 23.7 Å². The second kappa shape index (κ2) is 49.8. The van der Waals surface area contributed by atoms with Crippen molar-refractivity contribution in [3.8, 4) is 0 Å². The highest BCUT2D eigenvalue weighted by Gasteiger charge is 2.51. The van der Waals surface area contributed by atoms with Gasteiger partial charge in [0.2, 0.25) is 5.91 Å². The largest absolute Gasteiger partial charge is 0.394 e. The minimum absolute atomic E-state index is 0.252. The highest BCUT2D eigenvalue weighted by Crippen LogP contribution is 2.30. The molecule has 14 nitrogen and oxygen atoms in total. The van der Waals surface area contributed by atoms with E-state index < -0.39 is 86.8 Å². The number of ether oxygens (including phenoxy) is 4. The summed E-state index contributed by atoms with van der Waals surface area (Å²) >= 11 is 0. The van der Waals surface area contributed by atoms with Gasteiger partial charge in [0.1, 0.15) is 48.8 Å². The molecule has 2 fully saturated rings. The Bertz CT molecular complexity index is 1450. The van der Waals surface area contributed by atoms with Crippen molar-refractivity contribution in [2.45, 2.75) is 344 Å². The van der Waals surface area contributed by atoms with Gasteiger partial charge in [-0.05, 0) is 38.5 Å². The number of rotatable bonds is 52. The van der Waals surface area contributed by atoms with E-state index in [9.17, 15) is 45.6 Å². The normalized spacial score (nSPS) is 24.7. The molecule has 0 aliphatic carbocycles. The standard InChI is InChI=1S/C64H119NO13/c1-3-5-7-9-11-13-15-16-17-18-19-20-21-22-23-24-25-26-27-28-29-30-31-32-33-34-35-36-37-38-40-42-44-46-48-56(69)65-52(53(68)47-45-43-41-39-14-12-10-8-6-4-2)51-75-63-61(74)59(72)62(55(50-67)77-63)78-64-60(73)58(71)57(70)54(49-66)76-64/h6,8,14,39,45,47,52-55,57-64,66-68,70-74H,3-5,7,9-13,15-38,40-44,46,48-51H2,1-2H3,(H,65,69)/b8-6+,39-14+,47-45+. The average molecular weight is 1110 g/mol. The Hall–Kier alpha value is -1.79. The van der Waals surface area contributed by atoms with Gasteiger partial charge in [0.25, 0.3) is 0 Å². The van der Waals surface area contributed by atoms with Gasteiger partial charge in [-0.3, -0.25) is 4.79 Å². The van der Waals surface area contributed by atoms with Crippen molar-refractivity contribution in [2.24, 2.45) is 0 Å². The molecule has 2 heterocycles. The Morgan fingerprint density at radius 1 is 0.462 bits per heavy atom. The van der Waals surface area contributed by atoms with Crippen molar-refractivity contribution in [1.82, 2.24) is 5.32 Å². The average Bonchev–Trinajstić information content (AvgIpc) is 3.45. The van der Waals surface area contributed by atoms with Crippen molar-refractivity contribution in [3.05, 3.63) is 36.5 Å². The van der Waals surface area contributed by atoms with Gasteiger partial charge >= 0.3 is 0 Å². The molecular weight excluding hydrogens is 991 g/mol. The van der Waals surface area contributed by atoms with Crippen LogP contribution >= 0.6 is 0 Å². The second-order valence-corrected chi connectivity index (χ2v) is 22.9. The number of carbonyl (C=O) groups is 1. The minimum Gasteiger partial charge on any atom is -0.394 e. The van der Waals surface area contributed by atoms with Crippen LogP contribution in [0.15, 0.2) is 36.5 Å². The molecule has 0 spiro atoms. The zero-order valence-electron chi connectivity index (χ0n) is 49.4. The molecule has 0 radical (unpaired) electrons. The van der Waals surface area contributed by atoms with Crippen molar-refractivity contribution in [2.75, 3.05) is 19.8 Å². The molecule has 14 heteroatoms. The molecule has 0 saturated carbocycles. The van der Waals surface area contributed by atoms with E-state index in [1.54, 1.807) is 6.08 Å². The molecule has 12 unspecified atom stereocenters. The lowest BCUT2D eigenvalue weighted by molar-refractivity contribution is -0.359. The van der Waals surface area contributed by atoms with Gasteiger partial charge in [0, 0.05) is 6.42 Å². The number of aliphatic hydroxyl groups excluding tert-OH is 8. The molecule has 2 aliphatic heterocycles. The van der Waals surface area contributed by atoms with Crippen molar-refractivity contribution in [1.29, 1.82) is 0 Å². The molecule has 0 aromatic carbocycles. The summed E-state index contributed by atoms with van der Waals surface area (Å²) in [6.45, 7) is 2.66. The zero-order chi connectivity index (χ0) is 56.7. The topological polar surface area (TPSA) is 228 Å². The Morgan fingerprint density at radius 3 is 1.24 bits per heavy atom. The van der Waals surface area contributed by atoms with Crippen LogP contribution in [-0.4, -0.2) is 140 Å². The third-order valence-electron chi connectivity index (χ3n) is 15.8. The Labute approximate surface area is 474 Å². The third-order valence-corrected chi connectivity index (χ3v) is 15.8. The lowest BCUT2D eigenvalue weighted by atomic mass is 9.97. The molecular formula is C64H119NO13. The van der Waals surface area contributed by atoms with Crippen molar-refractivity contribution >= 4 is 5.91 Å². The molecule has 1 amide bonds. The SMILES string of the molecule is CC/C=C/CC/C=C/CC/C=C/C(O)C(COC1OC(CO)C(OC2OC(CO)C(O)C(O)C2O)C(O)C1O)NC(=O)CCCCCCCCCCCCCCCCCCCCCCCCCCCCCCCCCCCC. The Morgan fingerprint density at radius 2 is 0.833 bits per heavy atom. The Balaban J connectivity index is 1.57. The number of hydrogen-bond donors (Lipinski definition) is 9. The molecule has 2 rings (SSSR count).